The molecule has 17 heavy (non-hydrogen) atoms. The van der Waals surface area contributed by atoms with Gasteiger partial charge in [0.15, 0.2) is 0 Å². The van der Waals surface area contributed by atoms with Gasteiger partial charge in [0.25, 0.3) is 0 Å². The smallest absolute Gasteiger partial charge is 0.337 e. The zero-order valence-electron chi connectivity index (χ0n) is 9.94. The molecule has 0 aliphatic carbocycles. The van der Waals surface area contributed by atoms with Gasteiger partial charge in [-0.05, 0) is 26.4 Å². The summed E-state index contributed by atoms with van der Waals surface area (Å²) in [4.78, 5) is 15.8. The van der Waals surface area contributed by atoms with Crippen molar-refractivity contribution in [1.29, 1.82) is 0 Å². The van der Waals surface area contributed by atoms with E-state index in [-0.39, 0.29) is 11.8 Å². The predicted octanol–water partition coefficient (Wildman–Crippen LogP) is 0.778. The zero-order chi connectivity index (χ0) is 12.4. The SMILES string of the molecule is CN1CCCC(C(=O)N2CC(OC(F)F)C2)C1. The van der Waals surface area contributed by atoms with E-state index in [2.05, 4.69) is 9.64 Å². The number of piperidine rings is 1. The fourth-order valence-corrected chi connectivity index (χ4v) is 2.48. The van der Waals surface area contributed by atoms with Crippen LogP contribution >= 0.6 is 0 Å². The Morgan fingerprint density at radius 1 is 1.35 bits per heavy atom. The van der Waals surface area contributed by atoms with Crippen molar-refractivity contribution in [3.63, 3.8) is 0 Å². The quantitative estimate of drug-likeness (QED) is 0.740. The summed E-state index contributed by atoms with van der Waals surface area (Å²) in [6, 6.07) is 0. The lowest BCUT2D eigenvalue weighted by atomic mass is 9.95. The van der Waals surface area contributed by atoms with Gasteiger partial charge in [0.05, 0.1) is 12.0 Å². The standard InChI is InChI=1S/C11H18F2N2O2/c1-14-4-2-3-8(5-14)10(16)15-6-9(7-15)17-11(12)13/h8-9,11H,2-7H2,1H3. The van der Waals surface area contributed by atoms with Gasteiger partial charge in [-0.25, -0.2) is 0 Å². The molecule has 0 aromatic heterocycles. The molecule has 2 aliphatic rings. The van der Waals surface area contributed by atoms with E-state index in [0.717, 1.165) is 25.9 Å². The average molecular weight is 248 g/mol. The van der Waals surface area contributed by atoms with Crippen LogP contribution in [0.1, 0.15) is 12.8 Å². The van der Waals surface area contributed by atoms with Gasteiger partial charge < -0.3 is 14.5 Å². The largest absolute Gasteiger partial charge is 0.345 e. The first-order valence-corrected chi connectivity index (χ1v) is 5.97. The molecule has 0 saturated carbocycles. The highest BCUT2D eigenvalue weighted by Gasteiger charge is 2.37. The van der Waals surface area contributed by atoms with E-state index >= 15 is 0 Å². The number of halogens is 2. The lowest BCUT2D eigenvalue weighted by Crippen LogP contribution is -2.58. The van der Waals surface area contributed by atoms with Gasteiger partial charge in [-0.15, -0.1) is 0 Å². The maximum atomic E-state index is 12.0. The summed E-state index contributed by atoms with van der Waals surface area (Å²) in [5.74, 6) is 0.118. The second-order valence-electron chi connectivity index (χ2n) is 4.86. The summed E-state index contributed by atoms with van der Waals surface area (Å²) in [6.45, 7) is -0.318. The highest BCUT2D eigenvalue weighted by molar-refractivity contribution is 5.80. The first kappa shape index (κ1) is 12.7. The Labute approximate surface area is 99.5 Å². The van der Waals surface area contributed by atoms with Crippen LogP contribution in [0.25, 0.3) is 0 Å². The van der Waals surface area contributed by atoms with Crippen LogP contribution in [0.15, 0.2) is 0 Å². The Hall–Kier alpha value is -0.750. The molecule has 2 fully saturated rings. The molecule has 0 bridgehead atoms. The number of nitrogens with zero attached hydrogens (tertiary/aromatic N) is 2. The maximum Gasteiger partial charge on any atom is 0.345 e. The lowest BCUT2D eigenvalue weighted by molar-refractivity contribution is -0.200. The van der Waals surface area contributed by atoms with Crippen LogP contribution in [0.2, 0.25) is 0 Å². The van der Waals surface area contributed by atoms with Gasteiger partial charge in [-0.3, -0.25) is 4.79 Å². The summed E-state index contributed by atoms with van der Waals surface area (Å²) < 4.78 is 28.2. The molecule has 0 aromatic rings. The Balaban J connectivity index is 1.75. The minimum Gasteiger partial charge on any atom is -0.337 e. The molecule has 0 spiro atoms. The Morgan fingerprint density at radius 3 is 2.65 bits per heavy atom. The van der Waals surface area contributed by atoms with Gasteiger partial charge in [0.1, 0.15) is 0 Å². The third kappa shape index (κ3) is 3.13. The number of hydrogen-bond acceptors (Lipinski definition) is 3. The van der Waals surface area contributed by atoms with Crippen LogP contribution in [0.3, 0.4) is 0 Å². The topological polar surface area (TPSA) is 32.8 Å². The van der Waals surface area contributed by atoms with Crippen LogP contribution in [-0.4, -0.2) is 61.6 Å². The van der Waals surface area contributed by atoms with E-state index in [1.54, 1.807) is 4.90 Å². The van der Waals surface area contributed by atoms with E-state index in [0.29, 0.717) is 13.1 Å². The zero-order valence-corrected chi connectivity index (χ0v) is 9.94. The molecule has 0 aromatic carbocycles. The van der Waals surface area contributed by atoms with Crippen LogP contribution in [0, 0.1) is 5.92 Å². The molecule has 2 saturated heterocycles. The van der Waals surface area contributed by atoms with E-state index in [1.807, 2.05) is 7.05 Å². The number of carbonyl (C=O) groups excluding carboxylic acids is 1. The fraction of sp³-hybridized carbons (Fsp3) is 0.909. The highest BCUT2D eigenvalue weighted by Crippen LogP contribution is 2.22. The van der Waals surface area contributed by atoms with Crippen LogP contribution in [0.5, 0.6) is 0 Å². The van der Waals surface area contributed by atoms with E-state index in [1.165, 1.54) is 0 Å². The summed E-state index contributed by atoms with van der Waals surface area (Å²) in [6.07, 6.45) is 1.44. The first-order chi connectivity index (χ1) is 8.06. The Morgan fingerprint density at radius 2 is 2.06 bits per heavy atom. The highest BCUT2D eigenvalue weighted by atomic mass is 19.3. The van der Waals surface area contributed by atoms with Crippen LogP contribution < -0.4 is 0 Å². The molecule has 0 N–H and O–H groups in total. The monoisotopic (exact) mass is 248 g/mol. The summed E-state index contributed by atoms with van der Waals surface area (Å²) in [5, 5.41) is 0. The number of likely N-dealkylation sites (tertiary alicyclic amines) is 2. The van der Waals surface area contributed by atoms with Crippen molar-refractivity contribution < 1.29 is 18.3 Å². The molecular formula is C11H18F2N2O2. The molecule has 1 amide bonds. The van der Waals surface area contributed by atoms with Gasteiger partial charge in [-0.1, -0.05) is 0 Å². The van der Waals surface area contributed by atoms with Crippen molar-refractivity contribution in [2.24, 2.45) is 5.92 Å². The van der Waals surface area contributed by atoms with Crippen molar-refractivity contribution >= 4 is 5.91 Å². The second kappa shape index (κ2) is 5.27. The normalized spacial score (nSPS) is 27.3. The second-order valence-corrected chi connectivity index (χ2v) is 4.86. The number of rotatable bonds is 3. The van der Waals surface area contributed by atoms with Crippen LogP contribution in [-0.2, 0) is 9.53 Å². The number of alkyl halides is 2. The van der Waals surface area contributed by atoms with Crippen molar-refractivity contribution in [3.05, 3.63) is 0 Å². The van der Waals surface area contributed by atoms with Gasteiger partial charge in [-0.2, -0.15) is 8.78 Å². The molecule has 2 rings (SSSR count). The number of hydrogen-bond donors (Lipinski definition) is 0. The minimum absolute atomic E-state index is 0.0289. The number of carbonyl (C=O) groups is 1. The Kier molecular flexibility index (Phi) is 3.93. The molecule has 1 unspecified atom stereocenters. The average Bonchev–Trinajstić information content (AvgIpc) is 2.21. The van der Waals surface area contributed by atoms with E-state index < -0.39 is 12.7 Å². The maximum absolute atomic E-state index is 12.0. The Bertz CT molecular complexity index is 283. The molecule has 4 nitrogen and oxygen atoms in total. The lowest BCUT2D eigenvalue weighted by Gasteiger charge is -2.41. The number of amides is 1. The molecule has 2 heterocycles. The van der Waals surface area contributed by atoms with Crippen molar-refractivity contribution in [3.8, 4) is 0 Å². The van der Waals surface area contributed by atoms with Crippen LogP contribution in [0.4, 0.5) is 8.78 Å². The molecule has 2 aliphatic heterocycles. The molecular weight excluding hydrogens is 230 g/mol. The number of ether oxygens (including phenoxy) is 1. The van der Waals surface area contributed by atoms with Gasteiger partial charge in [0, 0.05) is 19.6 Å². The first-order valence-electron chi connectivity index (χ1n) is 5.97. The molecule has 0 radical (unpaired) electrons. The van der Waals surface area contributed by atoms with E-state index in [9.17, 15) is 13.6 Å². The summed E-state index contributed by atoms with van der Waals surface area (Å²) in [5.41, 5.74) is 0. The van der Waals surface area contributed by atoms with Crippen molar-refractivity contribution in [2.45, 2.75) is 25.6 Å². The third-order valence-electron chi connectivity index (χ3n) is 3.43. The minimum atomic E-state index is -2.74. The fourth-order valence-electron chi connectivity index (χ4n) is 2.48. The predicted molar refractivity (Wildman–Crippen MR) is 57.7 cm³/mol. The molecule has 1 atom stereocenters. The molecule has 98 valence electrons. The van der Waals surface area contributed by atoms with Crippen molar-refractivity contribution in [1.82, 2.24) is 9.80 Å². The van der Waals surface area contributed by atoms with E-state index in [4.69, 9.17) is 0 Å². The van der Waals surface area contributed by atoms with Gasteiger partial charge >= 0.3 is 6.61 Å². The third-order valence-corrected chi connectivity index (χ3v) is 3.43. The van der Waals surface area contributed by atoms with Crippen molar-refractivity contribution in [2.75, 3.05) is 33.2 Å². The molecule has 6 heteroatoms. The summed E-state index contributed by atoms with van der Waals surface area (Å²) >= 11 is 0. The van der Waals surface area contributed by atoms with Gasteiger partial charge in [0.2, 0.25) is 5.91 Å². The summed E-state index contributed by atoms with van der Waals surface area (Å²) in [7, 11) is 2.00.